The fourth-order valence-corrected chi connectivity index (χ4v) is 2.09. The Balaban J connectivity index is 2.37. The molecule has 1 fully saturated rings. The molecule has 0 amide bonds. The summed E-state index contributed by atoms with van der Waals surface area (Å²) >= 11 is 0. The first-order valence-corrected chi connectivity index (χ1v) is 5.33. The van der Waals surface area contributed by atoms with E-state index in [1.165, 1.54) is 0 Å². The zero-order valence-electron chi connectivity index (χ0n) is 8.95. The van der Waals surface area contributed by atoms with E-state index in [1.54, 1.807) is 0 Å². The monoisotopic (exact) mass is 201 g/mol. The van der Waals surface area contributed by atoms with Crippen molar-refractivity contribution in [3.63, 3.8) is 0 Å². The number of hydrogen-bond donors (Lipinski definition) is 1. The number of nitriles is 1. The van der Waals surface area contributed by atoms with Gasteiger partial charge in [0.15, 0.2) is 0 Å². The Morgan fingerprint density at radius 3 is 2.73 bits per heavy atom. The quantitative estimate of drug-likeness (QED) is 0.749. The van der Waals surface area contributed by atoms with E-state index >= 15 is 0 Å². The molecule has 0 aliphatic carbocycles. The first kappa shape index (κ1) is 10.1. The fourth-order valence-electron chi connectivity index (χ4n) is 2.09. The Bertz CT molecular complexity index is 386. The summed E-state index contributed by atoms with van der Waals surface area (Å²) in [5.41, 5.74) is 1.56. The van der Waals surface area contributed by atoms with Crippen molar-refractivity contribution in [2.45, 2.75) is 25.2 Å². The third-order valence-corrected chi connectivity index (χ3v) is 3.05. The van der Waals surface area contributed by atoms with Gasteiger partial charge >= 0.3 is 0 Å². The van der Waals surface area contributed by atoms with Crippen LogP contribution in [0, 0.1) is 18.3 Å². The van der Waals surface area contributed by atoms with Crippen LogP contribution in [0.2, 0.25) is 0 Å². The number of pyridine rings is 1. The zero-order chi connectivity index (χ0) is 10.7. The summed E-state index contributed by atoms with van der Waals surface area (Å²) in [6.07, 6.45) is 1.72. The molecular formula is C12H15N3. The lowest BCUT2D eigenvalue weighted by Crippen LogP contribution is -2.39. The molecule has 1 aliphatic rings. The predicted octanol–water partition coefficient (Wildman–Crippen LogP) is 1.53. The SMILES string of the molecule is Cc1cccc(C2(C#N)CCNCC2)n1. The molecule has 1 aliphatic heterocycles. The van der Waals surface area contributed by atoms with Crippen molar-refractivity contribution in [1.82, 2.24) is 10.3 Å². The minimum Gasteiger partial charge on any atom is -0.317 e. The molecule has 0 unspecified atom stereocenters. The van der Waals surface area contributed by atoms with E-state index in [0.29, 0.717) is 0 Å². The average molecular weight is 201 g/mol. The van der Waals surface area contributed by atoms with Gasteiger partial charge in [0.25, 0.3) is 0 Å². The molecule has 15 heavy (non-hydrogen) atoms. The lowest BCUT2D eigenvalue weighted by atomic mass is 9.77. The van der Waals surface area contributed by atoms with Crippen molar-refractivity contribution in [3.8, 4) is 6.07 Å². The Kier molecular flexibility index (Phi) is 2.70. The van der Waals surface area contributed by atoms with Crippen molar-refractivity contribution in [2.75, 3.05) is 13.1 Å². The van der Waals surface area contributed by atoms with E-state index in [1.807, 2.05) is 25.1 Å². The number of nitrogens with one attached hydrogen (secondary N) is 1. The minimum atomic E-state index is -0.364. The highest BCUT2D eigenvalue weighted by molar-refractivity contribution is 5.28. The molecule has 1 aromatic heterocycles. The summed E-state index contributed by atoms with van der Waals surface area (Å²) in [4.78, 5) is 4.49. The molecule has 1 aromatic rings. The van der Waals surface area contributed by atoms with Gasteiger partial charge in [0.05, 0.1) is 11.8 Å². The average Bonchev–Trinajstić information content (AvgIpc) is 2.30. The predicted molar refractivity (Wildman–Crippen MR) is 58.4 cm³/mol. The molecule has 0 atom stereocenters. The van der Waals surface area contributed by atoms with E-state index in [-0.39, 0.29) is 5.41 Å². The van der Waals surface area contributed by atoms with Gasteiger partial charge < -0.3 is 5.32 Å². The lowest BCUT2D eigenvalue weighted by Gasteiger charge is -2.30. The number of aromatic nitrogens is 1. The van der Waals surface area contributed by atoms with Crippen molar-refractivity contribution >= 4 is 0 Å². The maximum Gasteiger partial charge on any atom is 0.102 e. The standard InChI is InChI=1S/C12H15N3/c1-10-3-2-4-11(15-10)12(9-13)5-7-14-8-6-12/h2-4,14H,5-8H2,1H3. The molecule has 2 heterocycles. The first-order valence-electron chi connectivity index (χ1n) is 5.33. The van der Waals surface area contributed by atoms with E-state index in [9.17, 15) is 5.26 Å². The summed E-state index contributed by atoms with van der Waals surface area (Å²) in [5.74, 6) is 0. The van der Waals surface area contributed by atoms with Gasteiger partial charge in [-0.2, -0.15) is 5.26 Å². The number of rotatable bonds is 1. The Labute approximate surface area is 90.1 Å². The van der Waals surface area contributed by atoms with E-state index in [4.69, 9.17) is 0 Å². The van der Waals surface area contributed by atoms with Gasteiger partial charge in [-0.1, -0.05) is 6.07 Å². The van der Waals surface area contributed by atoms with Crippen LogP contribution in [-0.2, 0) is 5.41 Å². The van der Waals surface area contributed by atoms with Crippen LogP contribution in [0.15, 0.2) is 18.2 Å². The van der Waals surface area contributed by atoms with Crippen LogP contribution >= 0.6 is 0 Å². The molecule has 3 heteroatoms. The second kappa shape index (κ2) is 4.00. The van der Waals surface area contributed by atoms with Crippen LogP contribution in [0.3, 0.4) is 0 Å². The normalized spacial score (nSPS) is 19.5. The fraction of sp³-hybridized carbons (Fsp3) is 0.500. The zero-order valence-corrected chi connectivity index (χ0v) is 8.95. The van der Waals surface area contributed by atoms with Gasteiger partial charge in [-0.3, -0.25) is 4.98 Å². The highest BCUT2D eigenvalue weighted by atomic mass is 14.9. The van der Waals surface area contributed by atoms with Crippen molar-refractivity contribution in [3.05, 3.63) is 29.6 Å². The molecule has 0 spiro atoms. The van der Waals surface area contributed by atoms with Crippen molar-refractivity contribution in [1.29, 1.82) is 5.26 Å². The molecule has 0 bridgehead atoms. The van der Waals surface area contributed by atoms with Gasteiger partial charge in [0.2, 0.25) is 0 Å². The van der Waals surface area contributed by atoms with Crippen LogP contribution in [0.25, 0.3) is 0 Å². The Morgan fingerprint density at radius 2 is 2.13 bits per heavy atom. The van der Waals surface area contributed by atoms with Gasteiger partial charge in [-0.25, -0.2) is 0 Å². The first-order chi connectivity index (χ1) is 7.27. The number of piperidine rings is 1. The Morgan fingerprint density at radius 1 is 1.40 bits per heavy atom. The summed E-state index contributed by atoms with van der Waals surface area (Å²) in [5, 5.41) is 12.6. The summed E-state index contributed by atoms with van der Waals surface area (Å²) in [6.45, 7) is 3.78. The van der Waals surface area contributed by atoms with E-state index in [2.05, 4.69) is 16.4 Å². The number of nitrogens with zero attached hydrogens (tertiary/aromatic N) is 2. The van der Waals surface area contributed by atoms with Crippen LogP contribution in [0.5, 0.6) is 0 Å². The number of aryl methyl sites for hydroxylation is 1. The van der Waals surface area contributed by atoms with Crippen LogP contribution in [0.1, 0.15) is 24.2 Å². The molecule has 0 aromatic carbocycles. The second-order valence-electron chi connectivity index (χ2n) is 4.11. The lowest BCUT2D eigenvalue weighted by molar-refractivity contribution is 0.374. The molecule has 0 radical (unpaired) electrons. The third-order valence-electron chi connectivity index (χ3n) is 3.05. The molecule has 3 nitrogen and oxygen atoms in total. The highest BCUT2D eigenvalue weighted by Gasteiger charge is 2.35. The largest absolute Gasteiger partial charge is 0.317 e. The van der Waals surface area contributed by atoms with Gasteiger partial charge in [0.1, 0.15) is 5.41 Å². The molecule has 78 valence electrons. The summed E-state index contributed by atoms with van der Waals surface area (Å²) < 4.78 is 0. The number of hydrogen-bond acceptors (Lipinski definition) is 3. The van der Waals surface area contributed by atoms with E-state index in [0.717, 1.165) is 37.3 Å². The van der Waals surface area contributed by atoms with E-state index < -0.39 is 0 Å². The second-order valence-corrected chi connectivity index (χ2v) is 4.11. The topological polar surface area (TPSA) is 48.7 Å². The van der Waals surface area contributed by atoms with Crippen molar-refractivity contribution in [2.24, 2.45) is 0 Å². The van der Waals surface area contributed by atoms with Crippen LogP contribution in [0.4, 0.5) is 0 Å². The van der Waals surface area contributed by atoms with Crippen molar-refractivity contribution < 1.29 is 0 Å². The minimum absolute atomic E-state index is 0.364. The summed E-state index contributed by atoms with van der Waals surface area (Å²) in [7, 11) is 0. The smallest absolute Gasteiger partial charge is 0.102 e. The molecule has 1 saturated heterocycles. The third kappa shape index (κ3) is 1.86. The van der Waals surface area contributed by atoms with Crippen LogP contribution < -0.4 is 5.32 Å². The maximum absolute atomic E-state index is 9.37. The van der Waals surface area contributed by atoms with Gasteiger partial charge in [-0.15, -0.1) is 0 Å². The van der Waals surface area contributed by atoms with Gasteiger partial charge in [-0.05, 0) is 45.0 Å². The van der Waals surface area contributed by atoms with Gasteiger partial charge in [0, 0.05) is 5.69 Å². The summed E-state index contributed by atoms with van der Waals surface area (Å²) in [6, 6.07) is 8.38. The maximum atomic E-state index is 9.37. The highest BCUT2D eigenvalue weighted by Crippen LogP contribution is 2.31. The molecule has 2 rings (SSSR count). The molecule has 0 saturated carbocycles. The Hall–Kier alpha value is -1.40. The molecular weight excluding hydrogens is 186 g/mol. The van der Waals surface area contributed by atoms with Crippen LogP contribution in [-0.4, -0.2) is 18.1 Å². The molecule has 1 N–H and O–H groups in total.